The van der Waals surface area contributed by atoms with Crippen LogP contribution < -0.4 is 14.4 Å². The number of hydrogen-bond acceptors (Lipinski definition) is 4. The van der Waals surface area contributed by atoms with Crippen molar-refractivity contribution < 1.29 is 14.3 Å². The first-order valence-electron chi connectivity index (χ1n) is 8.49. The van der Waals surface area contributed by atoms with Gasteiger partial charge in [-0.1, -0.05) is 18.2 Å². The number of anilines is 1. The number of hydrogen-bond donors (Lipinski definition) is 0. The smallest absolute Gasteiger partial charge is 0.161 e. The predicted octanol–water partition coefficient (Wildman–Crippen LogP) is 3.73. The number of benzene rings is 2. The van der Waals surface area contributed by atoms with Gasteiger partial charge < -0.3 is 14.4 Å². The summed E-state index contributed by atoms with van der Waals surface area (Å²) in [6.45, 7) is 4.93. The summed E-state index contributed by atoms with van der Waals surface area (Å²) in [5, 5.41) is 0. The fourth-order valence-corrected chi connectivity index (χ4v) is 3.10. The van der Waals surface area contributed by atoms with Gasteiger partial charge in [0.25, 0.3) is 0 Å². The monoisotopic (exact) mass is 325 g/mol. The molecule has 4 heteroatoms. The Bertz CT molecular complexity index is 699. The summed E-state index contributed by atoms with van der Waals surface area (Å²) in [6, 6.07) is 13.8. The normalized spacial score (nSPS) is 13.3. The minimum absolute atomic E-state index is 0.540. The van der Waals surface area contributed by atoms with Crippen molar-refractivity contribution in [1.82, 2.24) is 0 Å². The van der Waals surface area contributed by atoms with E-state index in [0.717, 1.165) is 25.8 Å². The van der Waals surface area contributed by atoms with Crippen LogP contribution >= 0.6 is 0 Å². The Labute approximate surface area is 143 Å². The molecule has 0 spiro atoms. The van der Waals surface area contributed by atoms with Crippen molar-refractivity contribution in [2.75, 3.05) is 31.2 Å². The van der Waals surface area contributed by atoms with Crippen LogP contribution in [0.25, 0.3) is 0 Å². The van der Waals surface area contributed by atoms with Crippen LogP contribution in [0.3, 0.4) is 0 Å². The van der Waals surface area contributed by atoms with Gasteiger partial charge in [0.15, 0.2) is 11.5 Å². The molecular weight excluding hydrogens is 302 g/mol. The SMILES string of the molecule is CCOc1cc(C=O)ccc1OCCN1CCCc2ccccc21. The number of rotatable bonds is 7. The fourth-order valence-electron chi connectivity index (χ4n) is 3.10. The van der Waals surface area contributed by atoms with Gasteiger partial charge in [0.2, 0.25) is 0 Å². The van der Waals surface area contributed by atoms with E-state index in [-0.39, 0.29) is 0 Å². The second kappa shape index (κ2) is 7.86. The molecule has 24 heavy (non-hydrogen) atoms. The molecule has 0 aromatic heterocycles. The largest absolute Gasteiger partial charge is 0.490 e. The predicted molar refractivity (Wildman–Crippen MR) is 95.5 cm³/mol. The van der Waals surface area contributed by atoms with Gasteiger partial charge in [0.1, 0.15) is 12.9 Å². The average molecular weight is 325 g/mol. The molecule has 0 radical (unpaired) electrons. The van der Waals surface area contributed by atoms with Crippen LogP contribution in [-0.4, -0.2) is 32.6 Å². The number of nitrogens with zero attached hydrogens (tertiary/aromatic N) is 1. The summed E-state index contributed by atoms with van der Waals surface area (Å²) >= 11 is 0. The minimum atomic E-state index is 0.540. The van der Waals surface area contributed by atoms with Crippen molar-refractivity contribution in [1.29, 1.82) is 0 Å². The van der Waals surface area contributed by atoms with Crippen LogP contribution in [0, 0.1) is 0 Å². The first-order valence-corrected chi connectivity index (χ1v) is 8.49. The third-order valence-corrected chi connectivity index (χ3v) is 4.23. The molecule has 0 atom stereocenters. The molecule has 0 amide bonds. The standard InChI is InChI=1S/C20H23NO3/c1-2-23-20-14-16(15-22)9-10-19(20)24-13-12-21-11-5-7-17-6-3-4-8-18(17)21/h3-4,6,8-10,14-15H,2,5,7,11-13H2,1H3. The molecule has 2 aromatic carbocycles. The molecule has 2 aromatic rings. The second-order valence-corrected chi connectivity index (χ2v) is 5.82. The zero-order chi connectivity index (χ0) is 16.8. The molecule has 0 saturated heterocycles. The molecule has 0 saturated carbocycles. The van der Waals surface area contributed by atoms with E-state index in [1.54, 1.807) is 18.2 Å². The highest BCUT2D eigenvalue weighted by atomic mass is 16.5. The lowest BCUT2D eigenvalue weighted by Gasteiger charge is -2.31. The van der Waals surface area contributed by atoms with Gasteiger partial charge >= 0.3 is 0 Å². The fraction of sp³-hybridized carbons (Fsp3) is 0.350. The summed E-state index contributed by atoms with van der Waals surface area (Å²) in [5.74, 6) is 1.31. The van der Waals surface area contributed by atoms with Crippen molar-refractivity contribution >= 4 is 12.0 Å². The maximum Gasteiger partial charge on any atom is 0.161 e. The summed E-state index contributed by atoms with van der Waals surface area (Å²) in [7, 11) is 0. The number of aldehydes is 1. The lowest BCUT2D eigenvalue weighted by molar-refractivity contribution is 0.112. The number of fused-ring (bicyclic) bond motifs is 1. The topological polar surface area (TPSA) is 38.8 Å². The lowest BCUT2D eigenvalue weighted by Crippen LogP contribution is -2.33. The Morgan fingerprint density at radius 1 is 1.12 bits per heavy atom. The van der Waals surface area contributed by atoms with Gasteiger partial charge in [-0.3, -0.25) is 4.79 Å². The van der Waals surface area contributed by atoms with E-state index in [0.29, 0.717) is 30.3 Å². The van der Waals surface area contributed by atoms with Crippen LogP contribution in [0.2, 0.25) is 0 Å². The molecule has 1 heterocycles. The quantitative estimate of drug-likeness (QED) is 0.727. The van der Waals surface area contributed by atoms with Crippen LogP contribution in [0.5, 0.6) is 11.5 Å². The highest BCUT2D eigenvalue weighted by molar-refractivity contribution is 5.76. The van der Waals surface area contributed by atoms with Gasteiger partial charge in [-0.25, -0.2) is 0 Å². The average Bonchev–Trinajstić information content (AvgIpc) is 2.63. The Hall–Kier alpha value is -2.49. The molecular formula is C20H23NO3. The van der Waals surface area contributed by atoms with Crippen LogP contribution in [0.15, 0.2) is 42.5 Å². The Kier molecular flexibility index (Phi) is 5.36. The van der Waals surface area contributed by atoms with Crippen molar-refractivity contribution in [3.05, 3.63) is 53.6 Å². The summed E-state index contributed by atoms with van der Waals surface area (Å²) in [6.07, 6.45) is 3.14. The summed E-state index contributed by atoms with van der Waals surface area (Å²) < 4.78 is 11.5. The van der Waals surface area contributed by atoms with E-state index in [9.17, 15) is 4.79 Å². The molecule has 0 fully saturated rings. The number of carbonyl (C=O) groups excluding carboxylic acids is 1. The molecule has 0 aliphatic carbocycles. The highest BCUT2D eigenvalue weighted by Crippen LogP contribution is 2.29. The number of para-hydroxylation sites is 1. The number of aryl methyl sites for hydroxylation is 1. The molecule has 1 aliphatic rings. The summed E-state index contributed by atoms with van der Waals surface area (Å²) in [5.41, 5.74) is 3.32. The molecule has 3 rings (SSSR count). The van der Waals surface area contributed by atoms with E-state index in [4.69, 9.17) is 9.47 Å². The third-order valence-electron chi connectivity index (χ3n) is 4.23. The van der Waals surface area contributed by atoms with E-state index >= 15 is 0 Å². The highest BCUT2D eigenvalue weighted by Gasteiger charge is 2.16. The van der Waals surface area contributed by atoms with Crippen LogP contribution in [0.1, 0.15) is 29.3 Å². The molecule has 0 unspecified atom stereocenters. The Balaban J connectivity index is 1.64. The second-order valence-electron chi connectivity index (χ2n) is 5.82. The van der Waals surface area contributed by atoms with E-state index < -0.39 is 0 Å². The van der Waals surface area contributed by atoms with Crippen molar-refractivity contribution in [2.24, 2.45) is 0 Å². The molecule has 4 nitrogen and oxygen atoms in total. The lowest BCUT2D eigenvalue weighted by atomic mass is 10.0. The van der Waals surface area contributed by atoms with Gasteiger partial charge in [0.05, 0.1) is 13.2 Å². The van der Waals surface area contributed by atoms with E-state index in [1.165, 1.54) is 17.7 Å². The Morgan fingerprint density at radius 3 is 2.83 bits per heavy atom. The van der Waals surface area contributed by atoms with Gasteiger partial charge in [0, 0.05) is 17.8 Å². The minimum Gasteiger partial charge on any atom is -0.490 e. The van der Waals surface area contributed by atoms with E-state index in [2.05, 4.69) is 29.2 Å². The first-order chi connectivity index (χ1) is 11.8. The number of carbonyl (C=O) groups is 1. The van der Waals surface area contributed by atoms with Crippen LogP contribution in [0.4, 0.5) is 5.69 Å². The van der Waals surface area contributed by atoms with Crippen molar-refractivity contribution in [3.63, 3.8) is 0 Å². The first kappa shape index (κ1) is 16.4. The maximum absolute atomic E-state index is 10.9. The van der Waals surface area contributed by atoms with Gasteiger partial charge in [-0.15, -0.1) is 0 Å². The van der Waals surface area contributed by atoms with E-state index in [1.807, 2.05) is 6.92 Å². The maximum atomic E-state index is 10.9. The van der Waals surface area contributed by atoms with Crippen molar-refractivity contribution in [2.45, 2.75) is 19.8 Å². The zero-order valence-electron chi connectivity index (χ0n) is 14.0. The van der Waals surface area contributed by atoms with Gasteiger partial charge in [-0.05, 0) is 49.6 Å². The molecule has 126 valence electrons. The molecule has 0 bridgehead atoms. The van der Waals surface area contributed by atoms with Crippen molar-refractivity contribution in [3.8, 4) is 11.5 Å². The van der Waals surface area contributed by atoms with Gasteiger partial charge in [-0.2, -0.15) is 0 Å². The molecule has 0 N–H and O–H groups in total. The van der Waals surface area contributed by atoms with Crippen LogP contribution in [-0.2, 0) is 6.42 Å². The Morgan fingerprint density at radius 2 is 2.00 bits per heavy atom. The number of ether oxygens (including phenoxy) is 2. The third kappa shape index (κ3) is 3.70. The summed E-state index contributed by atoms with van der Waals surface area (Å²) in [4.78, 5) is 13.3. The molecule has 1 aliphatic heterocycles. The zero-order valence-corrected chi connectivity index (χ0v) is 14.0.